The molecule has 1 fully saturated rings. The van der Waals surface area contributed by atoms with Crippen LogP contribution in [0.1, 0.15) is 92.6 Å². The van der Waals surface area contributed by atoms with Crippen molar-refractivity contribution >= 4 is 34.2 Å². The molecule has 0 saturated heterocycles. The lowest BCUT2D eigenvalue weighted by molar-refractivity contribution is -0.132. The van der Waals surface area contributed by atoms with Gasteiger partial charge in [0.05, 0.1) is 44.4 Å². The number of aryl methyl sites for hydroxylation is 2. The number of hydrogen-bond acceptors (Lipinski definition) is 9. The van der Waals surface area contributed by atoms with Gasteiger partial charge in [0.25, 0.3) is 17.0 Å². The van der Waals surface area contributed by atoms with Crippen LogP contribution in [0.15, 0.2) is 58.5 Å². The summed E-state index contributed by atoms with van der Waals surface area (Å²) in [4.78, 5) is 76.6. The quantitative estimate of drug-likeness (QED) is 0.101. The van der Waals surface area contributed by atoms with E-state index in [9.17, 15) is 28.8 Å². The minimum absolute atomic E-state index is 0.0669. The first-order valence-corrected chi connectivity index (χ1v) is 19.1. The molecule has 0 aliphatic heterocycles. The number of hydrogen-bond donors (Lipinski definition) is 1. The van der Waals surface area contributed by atoms with E-state index in [1.807, 2.05) is 54.2 Å². The van der Waals surface area contributed by atoms with Gasteiger partial charge >= 0.3 is 0 Å². The maximum Gasteiger partial charge on any atom is 0.274 e. The zero-order chi connectivity index (χ0) is 39.6. The molecule has 55 heavy (non-hydrogen) atoms. The maximum absolute atomic E-state index is 12.9. The molecule has 1 aliphatic rings. The van der Waals surface area contributed by atoms with Crippen molar-refractivity contribution in [1.29, 1.82) is 0 Å². The van der Waals surface area contributed by atoms with Crippen molar-refractivity contribution in [3.8, 4) is 22.6 Å². The van der Waals surface area contributed by atoms with Crippen molar-refractivity contribution in [2.45, 2.75) is 83.2 Å². The number of likely N-dealkylation sites (N-methyl/N-ethyl adjacent to an activating group) is 1. The fraction of sp³-hybridized carbons (Fsp3) is 0.476. The highest BCUT2D eigenvalue weighted by Gasteiger charge is 2.29. The van der Waals surface area contributed by atoms with Crippen molar-refractivity contribution in [2.75, 3.05) is 34.4 Å². The standard InChI is InChI=1S/C42H53N5O8/c1-44(26-34-37(54-4)21-29(22-38(34)55-5)33-27-46(3)42(53)40-32(33)18-20-45(40)2)25-31(49)13-11-9-7-6-8-10-12-19-43-41(52)28-14-17-39(51)47(24-28)35-16-15-30(48)23-36(35)50/h14,17-18,20-22,24,27,35H,6-13,15-16,19,23,25-26H2,1-5H3,(H,43,52). The van der Waals surface area contributed by atoms with Gasteiger partial charge in [-0.25, -0.2) is 0 Å². The Kier molecular flexibility index (Phi) is 14.0. The molecule has 0 radical (unpaired) electrons. The number of ketones is 3. The molecule has 13 nitrogen and oxygen atoms in total. The summed E-state index contributed by atoms with van der Waals surface area (Å²) in [6, 6.07) is 7.89. The maximum atomic E-state index is 12.9. The van der Waals surface area contributed by atoms with Crippen LogP contribution in [0.3, 0.4) is 0 Å². The number of unbranched alkanes of at least 4 members (excludes halogenated alkanes) is 6. The number of rotatable bonds is 19. The minimum Gasteiger partial charge on any atom is -0.496 e. The number of nitrogens with zero attached hydrogens (tertiary/aromatic N) is 4. The van der Waals surface area contributed by atoms with Crippen LogP contribution in [0.2, 0.25) is 0 Å². The number of carbonyl (C=O) groups is 4. The molecular formula is C42H53N5O8. The van der Waals surface area contributed by atoms with Crippen LogP contribution >= 0.6 is 0 Å². The highest BCUT2D eigenvalue weighted by atomic mass is 16.5. The fourth-order valence-corrected chi connectivity index (χ4v) is 7.40. The van der Waals surface area contributed by atoms with Crippen LogP contribution in [0.25, 0.3) is 22.0 Å². The van der Waals surface area contributed by atoms with Crippen molar-refractivity contribution < 1.29 is 28.7 Å². The number of benzene rings is 1. The summed E-state index contributed by atoms with van der Waals surface area (Å²) in [7, 11) is 8.75. The highest BCUT2D eigenvalue weighted by molar-refractivity contribution is 6.03. The molecule has 4 aromatic rings. The molecule has 294 valence electrons. The summed E-state index contributed by atoms with van der Waals surface area (Å²) in [5.74, 6) is 0.762. The number of amides is 1. The zero-order valence-corrected chi connectivity index (χ0v) is 32.7. The van der Waals surface area contributed by atoms with Gasteiger partial charge in [0, 0.05) is 75.6 Å². The van der Waals surface area contributed by atoms with Crippen molar-refractivity contribution in [3.05, 3.63) is 80.8 Å². The van der Waals surface area contributed by atoms with E-state index in [1.54, 1.807) is 25.8 Å². The monoisotopic (exact) mass is 755 g/mol. The van der Waals surface area contributed by atoms with Gasteiger partial charge in [-0.1, -0.05) is 32.1 Å². The summed E-state index contributed by atoms with van der Waals surface area (Å²) in [5.41, 5.74) is 3.10. The Morgan fingerprint density at radius 3 is 2.22 bits per heavy atom. The Hall–Kier alpha value is -5.30. The van der Waals surface area contributed by atoms with E-state index in [0.717, 1.165) is 67.0 Å². The second-order valence-electron chi connectivity index (χ2n) is 14.6. The van der Waals surface area contributed by atoms with E-state index in [1.165, 1.54) is 22.9 Å². The molecular weight excluding hydrogens is 702 g/mol. The summed E-state index contributed by atoms with van der Waals surface area (Å²) < 4.78 is 16.3. The van der Waals surface area contributed by atoms with E-state index < -0.39 is 6.04 Å². The third kappa shape index (κ3) is 10.1. The normalized spacial score (nSPS) is 14.5. The number of nitrogens with one attached hydrogen (secondary N) is 1. The zero-order valence-electron chi connectivity index (χ0n) is 32.7. The molecule has 1 unspecified atom stereocenters. The lowest BCUT2D eigenvalue weighted by Crippen LogP contribution is -2.35. The van der Waals surface area contributed by atoms with Crippen LogP contribution in [-0.4, -0.2) is 76.2 Å². The number of Topliss-reactive ketones (excluding diaryl/α,β-unsaturated/α-hetero) is 3. The van der Waals surface area contributed by atoms with Gasteiger partial charge in [-0.15, -0.1) is 0 Å². The van der Waals surface area contributed by atoms with Gasteiger partial charge in [0.15, 0.2) is 5.78 Å². The number of carbonyl (C=O) groups excluding carboxylic acids is 4. The fourth-order valence-electron chi connectivity index (χ4n) is 7.40. The Labute approximate surface area is 321 Å². The van der Waals surface area contributed by atoms with Gasteiger partial charge in [-0.3, -0.25) is 33.7 Å². The first kappa shape index (κ1) is 40.9. The largest absolute Gasteiger partial charge is 0.496 e. The van der Waals surface area contributed by atoms with E-state index in [-0.39, 0.29) is 53.6 Å². The molecule has 3 heterocycles. The smallest absolute Gasteiger partial charge is 0.274 e. The molecule has 1 aliphatic carbocycles. The van der Waals surface area contributed by atoms with Crippen LogP contribution < -0.4 is 25.9 Å². The molecule has 1 saturated carbocycles. The molecule has 1 aromatic carbocycles. The number of fused-ring (bicyclic) bond motifs is 1. The van der Waals surface area contributed by atoms with E-state index in [4.69, 9.17) is 9.47 Å². The van der Waals surface area contributed by atoms with Gasteiger partial charge in [-0.2, -0.15) is 0 Å². The van der Waals surface area contributed by atoms with Gasteiger partial charge in [-0.05, 0) is 56.1 Å². The first-order chi connectivity index (χ1) is 26.4. The highest BCUT2D eigenvalue weighted by Crippen LogP contribution is 2.38. The molecule has 1 atom stereocenters. The molecule has 5 rings (SSSR count). The molecule has 1 N–H and O–H groups in total. The molecule has 0 spiro atoms. The Morgan fingerprint density at radius 2 is 1.55 bits per heavy atom. The molecule has 3 aromatic heterocycles. The van der Waals surface area contributed by atoms with Crippen LogP contribution in [0.5, 0.6) is 11.5 Å². The van der Waals surface area contributed by atoms with Crippen LogP contribution in [-0.2, 0) is 35.0 Å². The minimum atomic E-state index is -0.704. The Balaban J connectivity index is 0.998. The third-order valence-electron chi connectivity index (χ3n) is 10.4. The first-order valence-electron chi connectivity index (χ1n) is 19.1. The SMILES string of the molecule is COc1cc(-c2cn(C)c(=O)c3c2ccn3C)cc(OC)c1CN(C)CC(=O)CCCCCCCCCNC(=O)c1ccc(=O)n(C2CCC(=O)CC2=O)c1. The Bertz CT molecular complexity index is 2140. The van der Waals surface area contributed by atoms with Gasteiger partial charge < -0.3 is 28.5 Å². The molecule has 1 amide bonds. The van der Waals surface area contributed by atoms with Crippen molar-refractivity contribution in [1.82, 2.24) is 23.9 Å². The van der Waals surface area contributed by atoms with Gasteiger partial charge in [0.1, 0.15) is 28.6 Å². The average Bonchev–Trinajstić information content (AvgIpc) is 3.55. The van der Waals surface area contributed by atoms with Crippen LogP contribution in [0, 0.1) is 0 Å². The predicted molar refractivity (Wildman–Crippen MR) is 211 cm³/mol. The predicted octanol–water partition coefficient (Wildman–Crippen LogP) is 5.14. The average molecular weight is 756 g/mol. The summed E-state index contributed by atoms with van der Waals surface area (Å²) in [6.45, 7) is 1.28. The van der Waals surface area contributed by atoms with E-state index >= 15 is 0 Å². The summed E-state index contributed by atoms with van der Waals surface area (Å²) >= 11 is 0. The molecule has 0 bridgehead atoms. The number of ether oxygens (including phenoxy) is 2. The second kappa shape index (κ2) is 18.8. The topological polar surface area (TPSA) is 151 Å². The summed E-state index contributed by atoms with van der Waals surface area (Å²) in [6.07, 6.45) is 12.7. The number of pyridine rings is 2. The number of methoxy groups -OCH3 is 2. The summed E-state index contributed by atoms with van der Waals surface area (Å²) in [5, 5.41) is 3.74. The Morgan fingerprint density at radius 1 is 0.873 bits per heavy atom. The molecule has 13 heteroatoms. The number of aromatic nitrogens is 3. The second-order valence-corrected chi connectivity index (χ2v) is 14.6. The lowest BCUT2D eigenvalue weighted by atomic mass is 9.92. The van der Waals surface area contributed by atoms with E-state index in [2.05, 4.69) is 5.32 Å². The lowest BCUT2D eigenvalue weighted by Gasteiger charge is -2.22. The van der Waals surface area contributed by atoms with Crippen molar-refractivity contribution in [3.63, 3.8) is 0 Å². The van der Waals surface area contributed by atoms with Crippen molar-refractivity contribution in [2.24, 2.45) is 14.1 Å². The van der Waals surface area contributed by atoms with Crippen LogP contribution in [0.4, 0.5) is 0 Å². The third-order valence-corrected chi connectivity index (χ3v) is 10.4. The van der Waals surface area contributed by atoms with E-state index in [0.29, 0.717) is 48.6 Å². The van der Waals surface area contributed by atoms with Gasteiger partial charge in [0.2, 0.25) is 0 Å².